The number of benzene rings is 2. The molecule has 0 radical (unpaired) electrons. The third kappa shape index (κ3) is 4.28. The average molecular weight is 375 g/mol. The maximum Gasteiger partial charge on any atom is 0.253 e. The number of hydrogen-bond donors (Lipinski definition) is 0. The number of amides is 1. The molecular weight excluding hydrogens is 350 g/mol. The minimum absolute atomic E-state index is 0.114. The van der Waals surface area contributed by atoms with Crippen molar-refractivity contribution in [1.82, 2.24) is 24.6 Å². The molecular formula is C22H25N5O. The summed E-state index contributed by atoms with van der Waals surface area (Å²) in [5, 5.41) is 4.11. The van der Waals surface area contributed by atoms with E-state index in [1.807, 2.05) is 29.2 Å². The van der Waals surface area contributed by atoms with Gasteiger partial charge in [0.1, 0.15) is 12.7 Å². The van der Waals surface area contributed by atoms with Crippen LogP contribution in [-0.4, -0.2) is 56.7 Å². The van der Waals surface area contributed by atoms with Crippen molar-refractivity contribution in [2.45, 2.75) is 20.0 Å². The third-order valence-electron chi connectivity index (χ3n) is 5.33. The van der Waals surface area contributed by atoms with Gasteiger partial charge in [0.2, 0.25) is 0 Å². The van der Waals surface area contributed by atoms with Gasteiger partial charge in [0.15, 0.2) is 0 Å². The summed E-state index contributed by atoms with van der Waals surface area (Å²) in [5.41, 5.74) is 4.54. The van der Waals surface area contributed by atoms with Crippen molar-refractivity contribution in [3.8, 4) is 0 Å². The molecule has 3 aromatic rings. The molecule has 0 saturated carbocycles. The number of carbonyl (C=O) groups is 1. The van der Waals surface area contributed by atoms with Crippen LogP contribution in [0.3, 0.4) is 0 Å². The number of aryl methyl sites for hydroxylation is 1. The van der Waals surface area contributed by atoms with Crippen molar-refractivity contribution < 1.29 is 4.79 Å². The summed E-state index contributed by atoms with van der Waals surface area (Å²) in [4.78, 5) is 21.2. The Morgan fingerprint density at radius 2 is 1.71 bits per heavy atom. The smallest absolute Gasteiger partial charge is 0.253 e. The molecule has 6 nitrogen and oxygen atoms in total. The van der Waals surface area contributed by atoms with Gasteiger partial charge in [-0.25, -0.2) is 9.67 Å². The van der Waals surface area contributed by atoms with Crippen LogP contribution in [-0.2, 0) is 13.1 Å². The lowest BCUT2D eigenvalue weighted by Crippen LogP contribution is -2.48. The van der Waals surface area contributed by atoms with Crippen LogP contribution >= 0.6 is 0 Å². The zero-order chi connectivity index (χ0) is 19.3. The lowest BCUT2D eigenvalue weighted by molar-refractivity contribution is 0.0628. The SMILES string of the molecule is Cc1ccccc1CN1CCN(C(=O)c2ccc(Cn3cncn3)cc2)CC1. The van der Waals surface area contributed by atoms with Gasteiger partial charge in [0.05, 0.1) is 6.54 Å². The van der Waals surface area contributed by atoms with Gasteiger partial charge in [0, 0.05) is 38.3 Å². The molecule has 1 amide bonds. The summed E-state index contributed by atoms with van der Waals surface area (Å²) in [7, 11) is 0. The van der Waals surface area contributed by atoms with Crippen LogP contribution in [0.5, 0.6) is 0 Å². The van der Waals surface area contributed by atoms with Crippen molar-refractivity contribution in [2.75, 3.05) is 26.2 Å². The Balaban J connectivity index is 1.31. The summed E-state index contributed by atoms with van der Waals surface area (Å²) in [6.45, 7) is 7.12. The van der Waals surface area contributed by atoms with E-state index in [0.29, 0.717) is 6.54 Å². The summed E-state index contributed by atoms with van der Waals surface area (Å²) < 4.78 is 1.77. The highest BCUT2D eigenvalue weighted by atomic mass is 16.2. The zero-order valence-electron chi connectivity index (χ0n) is 16.2. The highest BCUT2D eigenvalue weighted by Gasteiger charge is 2.22. The topological polar surface area (TPSA) is 54.3 Å². The number of carbonyl (C=O) groups excluding carboxylic acids is 1. The molecule has 0 bridgehead atoms. The summed E-state index contributed by atoms with van der Waals surface area (Å²) in [6.07, 6.45) is 3.21. The van der Waals surface area contributed by atoms with Gasteiger partial charge >= 0.3 is 0 Å². The van der Waals surface area contributed by atoms with Gasteiger partial charge in [-0.05, 0) is 35.7 Å². The quantitative estimate of drug-likeness (QED) is 0.688. The Labute approximate surface area is 165 Å². The van der Waals surface area contributed by atoms with Crippen LogP contribution in [0.2, 0.25) is 0 Å². The van der Waals surface area contributed by atoms with Crippen LogP contribution in [0.25, 0.3) is 0 Å². The van der Waals surface area contributed by atoms with E-state index in [1.54, 1.807) is 11.0 Å². The van der Waals surface area contributed by atoms with Gasteiger partial charge in [-0.3, -0.25) is 9.69 Å². The molecule has 0 N–H and O–H groups in total. The molecule has 1 aliphatic rings. The minimum atomic E-state index is 0.114. The van der Waals surface area contributed by atoms with Crippen molar-refractivity contribution in [2.24, 2.45) is 0 Å². The zero-order valence-corrected chi connectivity index (χ0v) is 16.2. The van der Waals surface area contributed by atoms with E-state index in [-0.39, 0.29) is 5.91 Å². The monoisotopic (exact) mass is 375 g/mol. The lowest BCUT2D eigenvalue weighted by atomic mass is 10.1. The molecule has 6 heteroatoms. The molecule has 1 saturated heterocycles. The fourth-order valence-electron chi connectivity index (χ4n) is 3.57. The van der Waals surface area contributed by atoms with Crippen molar-refractivity contribution in [3.63, 3.8) is 0 Å². The number of hydrogen-bond acceptors (Lipinski definition) is 4. The maximum atomic E-state index is 12.8. The Kier molecular flexibility index (Phi) is 5.48. The van der Waals surface area contributed by atoms with Gasteiger partial charge in [-0.2, -0.15) is 5.10 Å². The molecule has 2 heterocycles. The molecule has 1 fully saturated rings. The Morgan fingerprint density at radius 3 is 2.39 bits per heavy atom. The average Bonchev–Trinajstić information content (AvgIpc) is 3.23. The summed E-state index contributed by atoms with van der Waals surface area (Å²) >= 11 is 0. The number of aromatic nitrogens is 3. The predicted octanol–water partition coefficient (Wildman–Crippen LogP) is 2.59. The Morgan fingerprint density at radius 1 is 0.964 bits per heavy atom. The predicted molar refractivity (Wildman–Crippen MR) is 108 cm³/mol. The highest BCUT2D eigenvalue weighted by Crippen LogP contribution is 2.15. The number of rotatable bonds is 5. The molecule has 2 aromatic carbocycles. The molecule has 0 atom stereocenters. The first kappa shape index (κ1) is 18.4. The largest absolute Gasteiger partial charge is 0.336 e. The van der Waals surface area contributed by atoms with E-state index in [2.05, 4.69) is 46.2 Å². The van der Waals surface area contributed by atoms with Gasteiger partial charge < -0.3 is 4.90 Å². The van der Waals surface area contributed by atoms with E-state index in [9.17, 15) is 4.79 Å². The molecule has 144 valence electrons. The molecule has 1 aliphatic heterocycles. The van der Waals surface area contributed by atoms with Crippen molar-refractivity contribution in [1.29, 1.82) is 0 Å². The lowest BCUT2D eigenvalue weighted by Gasteiger charge is -2.35. The van der Waals surface area contributed by atoms with Gasteiger partial charge in [-0.1, -0.05) is 36.4 Å². The van der Waals surface area contributed by atoms with Crippen LogP contribution in [0, 0.1) is 6.92 Å². The van der Waals surface area contributed by atoms with E-state index in [4.69, 9.17) is 0 Å². The molecule has 4 rings (SSSR count). The fraction of sp³-hybridized carbons (Fsp3) is 0.318. The second-order valence-electron chi connectivity index (χ2n) is 7.28. The standard InChI is InChI=1S/C22H25N5O/c1-18-4-2-3-5-21(18)15-25-10-12-26(13-11-25)22(28)20-8-6-19(7-9-20)14-27-17-23-16-24-27/h2-9,16-17H,10-15H2,1H3. The molecule has 0 unspecified atom stereocenters. The third-order valence-corrected chi connectivity index (χ3v) is 5.33. The van der Waals surface area contributed by atoms with Crippen molar-refractivity contribution in [3.05, 3.63) is 83.4 Å². The molecule has 28 heavy (non-hydrogen) atoms. The Hall–Kier alpha value is -2.99. The maximum absolute atomic E-state index is 12.8. The van der Waals surface area contributed by atoms with Gasteiger partial charge in [-0.15, -0.1) is 0 Å². The highest BCUT2D eigenvalue weighted by molar-refractivity contribution is 5.94. The molecule has 1 aromatic heterocycles. The van der Waals surface area contributed by atoms with E-state index in [1.165, 1.54) is 17.5 Å². The first-order valence-electron chi connectivity index (χ1n) is 9.66. The molecule has 0 spiro atoms. The normalized spacial score (nSPS) is 15.0. The van der Waals surface area contributed by atoms with Crippen LogP contribution in [0.15, 0.2) is 61.2 Å². The summed E-state index contributed by atoms with van der Waals surface area (Å²) in [5.74, 6) is 0.114. The fourth-order valence-corrected chi connectivity index (χ4v) is 3.57. The van der Waals surface area contributed by atoms with Crippen LogP contribution in [0.1, 0.15) is 27.0 Å². The first-order chi connectivity index (χ1) is 13.7. The Bertz CT molecular complexity index is 912. The second-order valence-corrected chi connectivity index (χ2v) is 7.28. The van der Waals surface area contributed by atoms with E-state index >= 15 is 0 Å². The summed E-state index contributed by atoms with van der Waals surface area (Å²) in [6, 6.07) is 16.3. The van der Waals surface area contributed by atoms with Crippen LogP contribution < -0.4 is 0 Å². The van der Waals surface area contributed by atoms with Crippen molar-refractivity contribution >= 4 is 5.91 Å². The van der Waals surface area contributed by atoms with E-state index in [0.717, 1.165) is 43.9 Å². The first-order valence-corrected chi connectivity index (χ1v) is 9.66. The number of piperazine rings is 1. The second kappa shape index (κ2) is 8.35. The van der Waals surface area contributed by atoms with Crippen LogP contribution in [0.4, 0.5) is 0 Å². The van der Waals surface area contributed by atoms with E-state index < -0.39 is 0 Å². The number of nitrogens with zero attached hydrogens (tertiary/aromatic N) is 5. The minimum Gasteiger partial charge on any atom is -0.336 e. The molecule has 0 aliphatic carbocycles. The van der Waals surface area contributed by atoms with Gasteiger partial charge in [0.25, 0.3) is 5.91 Å².